The molecule has 0 saturated carbocycles. The molecule has 70 valence electrons. The Morgan fingerprint density at radius 1 is 1.58 bits per heavy atom. The van der Waals surface area contributed by atoms with Crippen LogP contribution >= 0.6 is 7.60 Å². The highest BCUT2D eigenvalue weighted by Gasteiger charge is 2.16. The van der Waals surface area contributed by atoms with Crippen molar-refractivity contribution in [3.05, 3.63) is 0 Å². The van der Waals surface area contributed by atoms with Gasteiger partial charge in [0.25, 0.3) is 0 Å². The van der Waals surface area contributed by atoms with Gasteiger partial charge in [0, 0.05) is 6.42 Å². The highest BCUT2D eigenvalue weighted by molar-refractivity contribution is 7.52. The average Bonchev–Trinajstić information content (AvgIpc) is 1.98. The molecule has 1 N–H and O–H groups in total. The molecule has 0 heterocycles. The highest BCUT2D eigenvalue weighted by atomic mass is 31.2. The van der Waals surface area contributed by atoms with Gasteiger partial charge in [-0.1, -0.05) is 0 Å². The minimum Gasteiger partial charge on any atom is -0.324 e. The minimum absolute atomic E-state index is 0.211. The second-order valence-electron chi connectivity index (χ2n) is 2.44. The van der Waals surface area contributed by atoms with Gasteiger partial charge in [0.05, 0.1) is 12.8 Å². The minimum atomic E-state index is -3.30. The molecule has 0 aliphatic rings. The maximum atomic E-state index is 11.1. The second kappa shape index (κ2) is 6.25. The molecular formula is C8H15O3P. The van der Waals surface area contributed by atoms with Gasteiger partial charge in [-0.05, 0) is 19.8 Å². The van der Waals surface area contributed by atoms with Gasteiger partial charge >= 0.3 is 7.60 Å². The van der Waals surface area contributed by atoms with Crippen LogP contribution in [0.2, 0.25) is 0 Å². The van der Waals surface area contributed by atoms with Gasteiger partial charge in [-0.15, -0.1) is 12.3 Å². The van der Waals surface area contributed by atoms with Crippen molar-refractivity contribution < 1.29 is 14.0 Å². The van der Waals surface area contributed by atoms with Crippen LogP contribution in [0.4, 0.5) is 0 Å². The van der Waals surface area contributed by atoms with E-state index in [1.165, 1.54) is 0 Å². The molecule has 4 heteroatoms. The summed E-state index contributed by atoms with van der Waals surface area (Å²) in [5.41, 5.74) is 0. The van der Waals surface area contributed by atoms with Crippen molar-refractivity contribution in [2.24, 2.45) is 0 Å². The van der Waals surface area contributed by atoms with Crippen molar-refractivity contribution in [3.8, 4) is 12.3 Å². The Balaban J connectivity index is 3.49. The summed E-state index contributed by atoms with van der Waals surface area (Å²) in [6, 6.07) is 0. The van der Waals surface area contributed by atoms with Crippen LogP contribution in [0.25, 0.3) is 0 Å². The number of hydrogen-bond acceptors (Lipinski definition) is 2. The van der Waals surface area contributed by atoms with Crippen molar-refractivity contribution in [2.45, 2.75) is 26.2 Å². The van der Waals surface area contributed by atoms with Crippen LogP contribution in [0.15, 0.2) is 0 Å². The summed E-state index contributed by atoms with van der Waals surface area (Å²) in [5, 5.41) is 0. The van der Waals surface area contributed by atoms with Gasteiger partial charge in [-0.25, -0.2) is 0 Å². The fourth-order valence-corrected chi connectivity index (χ4v) is 1.96. The average molecular weight is 190 g/mol. The first kappa shape index (κ1) is 11.7. The van der Waals surface area contributed by atoms with Crippen molar-refractivity contribution in [2.75, 3.05) is 12.8 Å². The van der Waals surface area contributed by atoms with E-state index in [4.69, 9.17) is 11.3 Å². The fraction of sp³-hybridized carbons (Fsp3) is 0.750. The molecule has 0 bridgehead atoms. The van der Waals surface area contributed by atoms with E-state index in [-0.39, 0.29) is 12.8 Å². The molecule has 3 nitrogen and oxygen atoms in total. The molecule has 0 aromatic rings. The van der Waals surface area contributed by atoms with E-state index in [0.29, 0.717) is 12.8 Å². The number of hydrogen-bond donors (Lipinski definition) is 1. The van der Waals surface area contributed by atoms with Crippen LogP contribution in [0.1, 0.15) is 26.2 Å². The lowest BCUT2D eigenvalue weighted by atomic mass is 10.3. The molecule has 1 unspecified atom stereocenters. The molecule has 0 aromatic heterocycles. The summed E-state index contributed by atoms with van der Waals surface area (Å²) in [6.45, 7) is 1.98. The van der Waals surface area contributed by atoms with Crippen LogP contribution in [0, 0.1) is 12.3 Å². The monoisotopic (exact) mass is 190 g/mol. The molecular weight excluding hydrogens is 175 g/mol. The first-order chi connectivity index (χ1) is 5.62. The third-order valence-electron chi connectivity index (χ3n) is 1.34. The Morgan fingerprint density at radius 3 is 2.75 bits per heavy atom. The highest BCUT2D eigenvalue weighted by Crippen LogP contribution is 2.42. The van der Waals surface area contributed by atoms with Crippen LogP contribution in [0.3, 0.4) is 0 Å². The predicted molar refractivity (Wildman–Crippen MR) is 49.0 cm³/mol. The second-order valence-corrected chi connectivity index (χ2v) is 4.42. The summed E-state index contributed by atoms with van der Waals surface area (Å²) in [5.74, 6) is 2.47. The third kappa shape index (κ3) is 6.42. The maximum Gasteiger partial charge on any atom is 0.328 e. The van der Waals surface area contributed by atoms with E-state index in [0.717, 1.165) is 6.42 Å². The van der Waals surface area contributed by atoms with Crippen LogP contribution in [-0.2, 0) is 9.09 Å². The lowest BCUT2D eigenvalue weighted by molar-refractivity contribution is 0.273. The molecule has 12 heavy (non-hydrogen) atoms. The zero-order valence-electron chi connectivity index (χ0n) is 7.32. The summed E-state index contributed by atoms with van der Waals surface area (Å²) < 4.78 is 15.7. The van der Waals surface area contributed by atoms with Crippen LogP contribution < -0.4 is 0 Å². The van der Waals surface area contributed by atoms with Crippen molar-refractivity contribution >= 4 is 7.60 Å². The Morgan fingerprint density at radius 2 is 2.25 bits per heavy atom. The van der Waals surface area contributed by atoms with Crippen LogP contribution in [-0.4, -0.2) is 17.7 Å². The van der Waals surface area contributed by atoms with E-state index in [9.17, 15) is 4.57 Å². The maximum absolute atomic E-state index is 11.1. The Hall–Kier alpha value is -0.290. The first-order valence-electron chi connectivity index (χ1n) is 4.02. The molecule has 0 aromatic carbocycles. The normalized spacial score (nSPS) is 15.1. The molecule has 1 atom stereocenters. The fourth-order valence-electron chi connectivity index (χ4n) is 0.805. The van der Waals surface area contributed by atoms with Gasteiger partial charge < -0.3 is 9.42 Å². The summed E-state index contributed by atoms with van der Waals surface area (Å²) in [6.07, 6.45) is 7.33. The van der Waals surface area contributed by atoms with Gasteiger partial charge in [-0.3, -0.25) is 4.57 Å². The van der Waals surface area contributed by atoms with Crippen molar-refractivity contribution in [1.29, 1.82) is 0 Å². The van der Waals surface area contributed by atoms with Crippen molar-refractivity contribution in [1.82, 2.24) is 0 Å². The quantitative estimate of drug-likeness (QED) is 0.396. The van der Waals surface area contributed by atoms with Gasteiger partial charge in [0.1, 0.15) is 0 Å². The number of terminal acetylenes is 1. The van der Waals surface area contributed by atoms with Gasteiger partial charge in [-0.2, -0.15) is 0 Å². The van der Waals surface area contributed by atoms with E-state index in [2.05, 4.69) is 10.4 Å². The first-order valence-corrected chi connectivity index (χ1v) is 5.78. The Kier molecular flexibility index (Phi) is 6.10. The standard InChI is InChI=1S/C8H15O3P/c1-3-5-6-7-8-12(9,10)11-4-2/h1H,4-8H2,2H3,(H,9,10). The van der Waals surface area contributed by atoms with Crippen LogP contribution in [0.5, 0.6) is 0 Å². The zero-order chi connectivity index (χ0) is 9.45. The summed E-state index contributed by atoms with van der Waals surface area (Å²) >= 11 is 0. The molecule has 0 saturated heterocycles. The summed E-state index contributed by atoms with van der Waals surface area (Å²) in [4.78, 5) is 9.10. The van der Waals surface area contributed by atoms with E-state index in [1.54, 1.807) is 6.92 Å². The van der Waals surface area contributed by atoms with E-state index < -0.39 is 7.60 Å². The molecule has 0 spiro atoms. The molecule has 0 amide bonds. The Bertz CT molecular complexity index is 195. The Labute approximate surface area is 73.7 Å². The largest absolute Gasteiger partial charge is 0.328 e. The molecule has 0 radical (unpaired) electrons. The molecule has 0 fully saturated rings. The van der Waals surface area contributed by atoms with E-state index in [1.807, 2.05) is 0 Å². The topological polar surface area (TPSA) is 46.5 Å². The molecule has 0 aliphatic carbocycles. The van der Waals surface area contributed by atoms with Crippen molar-refractivity contribution in [3.63, 3.8) is 0 Å². The molecule has 0 rings (SSSR count). The third-order valence-corrected chi connectivity index (χ3v) is 2.89. The lowest BCUT2D eigenvalue weighted by Crippen LogP contribution is -1.94. The van der Waals surface area contributed by atoms with Gasteiger partial charge in [0.15, 0.2) is 0 Å². The van der Waals surface area contributed by atoms with E-state index >= 15 is 0 Å². The summed E-state index contributed by atoms with van der Waals surface area (Å²) in [7, 11) is -3.30. The van der Waals surface area contributed by atoms with Gasteiger partial charge in [0.2, 0.25) is 0 Å². The lowest BCUT2D eigenvalue weighted by Gasteiger charge is -2.09. The molecule has 0 aliphatic heterocycles. The smallest absolute Gasteiger partial charge is 0.324 e. The number of rotatable bonds is 6. The zero-order valence-corrected chi connectivity index (χ0v) is 8.22. The SMILES string of the molecule is C#CCCCCP(=O)(O)OCC. The number of unbranched alkanes of at least 4 members (excludes halogenated alkanes) is 2. The predicted octanol–water partition coefficient (Wildman–Crippen LogP) is 2.01.